The second kappa shape index (κ2) is 62.5. The van der Waals surface area contributed by atoms with Gasteiger partial charge < -0.3 is 45.1 Å². The molecule has 0 radical (unpaired) electrons. The van der Waals surface area contributed by atoms with Gasteiger partial charge in [-0.3, -0.25) is 9.59 Å². The molecule has 1 rings (SSSR count). The Morgan fingerprint density at radius 3 is 1.23 bits per heavy atom. The maximum atomic E-state index is 13.5. The van der Waals surface area contributed by atoms with Crippen LogP contribution in [0.3, 0.4) is 0 Å². The molecule has 1 aliphatic heterocycles. The number of unbranched alkanes of at least 4 members (excludes halogenated alkanes) is 41. The Balaban J connectivity index is 2.55. The van der Waals surface area contributed by atoms with E-state index in [1.54, 1.807) is 6.08 Å². The predicted molar refractivity (Wildman–Crippen MR) is 361 cm³/mol. The van der Waals surface area contributed by atoms with Crippen molar-refractivity contribution >= 4 is 11.9 Å². The molecule has 6 N–H and O–H groups in total. The molecule has 1 aliphatic rings. The predicted octanol–water partition coefficient (Wildman–Crippen LogP) is 18.9. The standard InChI is InChI=1S/C75H137NO10/c1-4-7-10-13-16-19-22-25-27-29-31-32-33-34-35-36-37-39-40-42-44-47-50-53-56-59-62-68(79)74(83)76-66(67(78)61-58-55-52-49-46-24-21-18-15-12-9-6-3)65-84-75-73(72(82)71(81)69(64-77)85-75)86-70(80)63-60-57-54-51-48-45-43-41-38-30-28-26-23-20-17-14-11-8-5-2/h17,20,25-28,38,41,58,61,66-69,71-73,75,77-79,81-82H,4-16,18-19,21-24,29-37,39-40,42-57,59-60,62-65H2,1-3H3,(H,76,83)/b20-17-,27-25+,28-26-,41-38-,61-58+. The van der Waals surface area contributed by atoms with E-state index in [1.165, 1.54) is 205 Å². The van der Waals surface area contributed by atoms with E-state index >= 15 is 0 Å². The fourth-order valence-corrected chi connectivity index (χ4v) is 11.4. The van der Waals surface area contributed by atoms with Crippen molar-refractivity contribution in [3.63, 3.8) is 0 Å². The van der Waals surface area contributed by atoms with Gasteiger partial charge in [-0.1, -0.05) is 306 Å². The van der Waals surface area contributed by atoms with Crippen LogP contribution in [0.4, 0.5) is 0 Å². The molecule has 0 bridgehead atoms. The van der Waals surface area contributed by atoms with Gasteiger partial charge in [-0.2, -0.15) is 0 Å². The molecule has 1 fully saturated rings. The third-order valence-electron chi connectivity index (χ3n) is 17.1. The van der Waals surface area contributed by atoms with Crippen molar-refractivity contribution < 1.29 is 49.3 Å². The van der Waals surface area contributed by atoms with E-state index in [4.69, 9.17) is 14.2 Å². The molecule has 1 heterocycles. The highest BCUT2D eigenvalue weighted by Crippen LogP contribution is 2.26. The molecule has 1 amide bonds. The van der Waals surface area contributed by atoms with Crippen LogP contribution in [0.1, 0.15) is 342 Å². The monoisotopic (exact) mass is 1210 g/mol. The highest BCUT2D eigenvalue weighted by Gasteiger charge is 2.47. The van der Waals surface area contributed by atoms with Crippen LogP contribution in [0.15, 0.2) is 60.8 Å². The summed E-state index contributed by atoms with van der Waals surface area (Å²) in [7, 11) is 0. The Hall–Kier alpha value is -2.64. The molecule has 11 nitrogen and oxygen atoms in total. The van der Waals surface area contributed by atoms with E-state index in [0.717, 1.165) is 89.9 Å². The molecule has 0 aliphatic carbocycles. The van der Waals surface area contributed by atoms with Gasteiger partial charge in [0.1, 0.15) is 24.4 Å². The van der Waals surface area contributed by atoms with Crippen LogP contribution >= 0.6 is 0 Å². The topological polar surface area (TPSA) is 175 Å². The van der Waals surface area contributed by atoms with Crippen LogP contribution in [-0.2, 0) is 23.8 Å². The molecule has 8 unspecified atom stereocenters. The molecule has 1 saturated heterocycles. The maximum Gasteiger partial charge on any atom is 0.306 e. The van der Waals surface area contributed by atoms with Crippen LogP contribution in [0.25, 0.3) is 0 Å². The first-order chi connectivity index (χ1) is 42.2. The molecule has 0 aromatic rings. The summed E-state index contributed by atoms with van der Waals surface area (Å²) in [5.74, 6) is -1.20. The number of nitrogens with one attached hydrogen (secondary N) is 1. The lowest BCUT2D eigenvalue weighted by molar-refractivity contribution is -0.305. The number of rotatable bonds is 63. The SMILES string of the molecule is CCCCC/C=C\C/C=C\C/C=C\CCCCCCCCC(=O)OC1C(OCC(NC(=O)C(O)CCCCCCCCCCCCCCCCCC/C=C/CCCCCCCC)C(O)/C=C/CCCCCCCCCCCC)OC(CO)C(O)C1O. The quantitative estimate of drug-likeness (QED) is 0.0195. The van der Waals surface area contributed by atoms with Gasteiger partial charge in [0, 0.05) is 6.42 Å². The Morgan fingerprint density at radius 2 is 0.802 bits per heavy atom. The number of hydrogen-bond acceptors (Lipinski definition) is 10. The van der Waals surface area contributed by atoms with Gasteiger partial charge in [-0.05, 0) is 89.9 Å². The number of carbonyl (C=O) groups excluding carboxylic acids is 2. The summed E-state index contributed by atoms with van der Waals surface area (Å²) in [4.78, 5) is 26.7. The van der Waals surface area contributed by atoms with Crippen LogP contribution in [0, 0.1) is 0 Å². The summed E-state index contributed by atoms with van der Waals surface area (Å²) < 4.78 is 17.7. The molecule has 0 aromatic heterocycles. The number of esters is 1. The summed E-state index contributed by atoms with van der Waals surface area (Å²) in [6, 6.07) is -1.03. The highest BCUT2D eigenvalue weighted by atomic mass is 16.7. The Morgan fingerprint density at radius 1 is 0.453 bits per heavy atom. The van der Waals surface area contributed by atoms with E-state index in [-0.39, 0.29) is 13.0 Å². The third-order valence-corrected chi connectivity index (χ3v) is 17.1. The van der Waals surface area contributed by atoms with E-state index in [0.29, 0.717) is 19.3 Å². The molecular formula is C75H137NO10. The molecule has 0 saturated carbocycles. The Labute approximate surface area is 528 Å². The molecule has 86 heavy (non-hydrogen) atoms. The van der Waals surface area contributed by atoms with E-state index < -0.39 is 67.4 Å². The second-order valence-corrected chi connectivity index (χ2v) is 25.3. The zero-order valence-electron chi connectivity index (χ0n) is 55.9. The minimum atomic E-state index is -1.62. The first-order valence-corrected chi connectivity index (χ1v) is 36.6. The van der Waals surface area contributed by atoms with Crippen LogP contribution in [0.2, 0.25) is 0 Å². The zero-order chi connectivity index (χ0) is 62.4. The fraction of sp³-hybridized carbons (Fsp3) is 0.840. The maximum absolute atomic E-state index is 13.5. The van der Waals surface area contributed by atoms with Gasteiger partial charge in [0.25, 0.3) is 0 Å². The van der Waals surface area contributed by atoms with E-state index in [9.17, 15) is 35.1 Å². The van der Waals surface area contributed by atoms with Gasteiger partial charge in [0.05, 0.1) is 25.4 Å². The van der Waals surface area contributed by atoms with Gasteiger partial charge in [-0.25, -0.2) is 0 Å². The molecule has 502 valence electrons. The molecule has 8 atom stereocenters. The zero-order valence-corrected chi connectivity index (χ0v) is 55.9. The van der Waals surface area contributed by atoms with Crippen molar-refractivity contribution in [2.45, 2.75) is 391 Å². The van der Waals surface area contributed by atoms with E-state index in [2.05, 4.69) is 74.7 Å². The highest BCUT2D eigenvalue weighted by molar-refractivity contribution is 5.80. The van der Waals surface area contributed by atoms with Crippen molar-refractivity contribution in [1.82, 2.24) is 5.32 Å². The van der Waals surface area contributed by atoms with Crippen molar-refractivity contribution in [1.29, 1.82) is 0 Å². The lowest BCUT2D eigenvalue weighted by Gasteiger charge is -2.41. The molecular weight excluding hydrogens is 1070 g/mol. The van der Waals surface area contributed by atoms with Gasteiger partial charge in [0.2, 0.25) is 5.91 Å². The number of ether oxygens (including phenoxy) is 3. The Bertz CT molecular complexity index is 1630. The molecule has 0 aromatic carbocycles. The number of aliphatic hydroxyl groups is 5. The Kier molecular flexibility index (Phi) is 59.2. The number of allylic oxidation sites excluding steroid dienone is 9. The van der Waals surface area contributed by atoms with Crippen molar-refractivity contribution in [2.24, 2.45) is 0 Å². The normalized spacial score (nSPS) is 18.6. The van der Waals surface area contributed by atoms with Crippen LogP contribution < -0.4 is 5.32 Å². The van der Waals surface area contributed by atoms with Crippen molar-refractivity contribution in [2.75, 3.05) is 13.2 Å². The minimum Gasteiger partial charge on any atom is -0.454 e. The molecule has 11 heteroatoms. The first-order valence-electron chi connectivity index (χ1n) is 36.6. The average Bonchev–Trinajstić information content (AvgIpc) is 3.01. The van der Waals surface area contributed by atoms with Gasteiger partial charge in [-0.15, -0.1) is 0 Å². The lowest BCUT2D eigenvalue weighted by atomic mass is 9.99. The molecule has 0 spiro atoms. The van der Waals surface area contributed by atoms with Crippen molar-refractivity contribution in [3.8, 4) is 0 Å². The summed E-state index contributed by atoms with van der Waals surface area (Å²) in [5, 5.41) is 57.3. The van der Waals surface area contributed by atoms with E-state index in [1.807, 2.05) is 6.08 Å². The summed E-state index contributed by atoms with van der Waals surface area (Å²) in [6.07, 6.45) is 69.8. The number of carbonyl (C=O) groups is 2. The number of aliphatic hydroxyl groups excluding tert-OH is 5. The lowest BCUT2D eigenvalue weighted by Crippen LogP contribution is -2.61. The summed E-state index contributed by atoms with van der Waals surface area (Å²) >= 11 is 0. The number of hydrogen-bond donors (Lipinski definition) is 6. The van der Waals surface area contributed by atoms with Crippen LogP contribution in [0.5, 0.6) is 0 Å². The average molecular weight is 1210 g/mol. The van der Waals surface area contributed by atoms with Gasteiger partial charge in [0.15, 0.2) is 12.4 Å². The smallest absolute Gasteiger partial charge is 0.306 e. The van der Waals surface area contributed by atoms with Crippen molar-refractivity contribution in [3.05, 3.63) is 60.8 Å². The first kappa shape index (κ1) is 81.4. The summed E-state index contributed by atoms with van der Waals surface area (Å²) in [5.41, 5.74) is 0. The number of amides is 1. The van der Waals surface area contributed by atoms with Crippen LogP contribution in [-0.4, -0.2) is 99.6 Å². The van der Waals surface area contributed by atoms with Gasteiger partial charge >= 0.3 is 5.97 Å². The largest absolute Gasteiger partial charge is 0.454 e. The second-order valence-electron chi connectivity index (χ2n) is 25.3. The summed E-state index contributed by atoms with van der Waals surface area (Å²) in [6.45, 7) is 5.79. The minimum absolute atomic E-state index is 0.109. The fourth-order valence-electron chi connectivity index (χ4n) is 11.4. The third kappa shape index (κ3) is 49.2.